The third-order valence-corrected chi connectivity index (χ3v) is 5.33. The van der Waals surface area contributed by atoms with Gasteiger partial charge in [-0.2, -0.15) is 0 Å². The van der Waals surface area contributed by atoms with E-state index >= 15 is 0 Å². The van der Waals surface area contributed by atoms with E-state index in [1.807, 2.05) is 17.4 Å². The standard InChI is InChI=1S/C17H21FN2S/c1-12(17(19)14-4-2-3-5-15(14)18)10-20-8-6-16-13(11-20)7-9-21-16/h2-5,7,9,12,17H,6,8,10-11,19H2,1H3. The molecule has 21 heavy (non-hydrogen) atoms. The second kappa shape index (κ2) is 6.26. The van der Waals surface area contributed by atoms with Gasteiger partial charge in [-0.15, -0.1) is 11.3 Å². The first kappa shape index (κ1) is 14.7. The van der Waals surface area contributed by atoms with Crippen LogP contribution in [0.25, 0.3) is 0 Å². The Hall–Kier alpha value is -1.23. The Kier molecular flexibility index (Phi) is 4.38. The summed E-state index contributed by atoms with van der Waals surface area (Å²) >= 11 is 1.85. The summed E-state index contributed by atoms with van der Waals surface area (Å²) < 4.78 is 13.8. The molecule has 1 aliphatic rings. The van der Waals surface area contributed by atoms with Gasteiger partial charge in [-0.05, 0) is 35.4 Å². The highest BCUT2D eigenvalue weighted by atomic mass is 32.1. The average molecular weight is 304 g/mol. The van der Waals surface area contributed by atoms with Crippen LogP contribution in [-0.4, -0.2) is 18.0 Å². The zero-order valence-corrected chi connectivity index (χ0v) is 13.1. The lowest BCUT2D eigenvalue weighted by molar-refractivity contribution is 0.206. The highest BCUT2D eigenvalue weighted by Crippen LogP contribution is 2.27. The zero-order chi connectivity index (χ0) is 14.8. The van der Waals surface area contributed by atoms with Gasteiger partial charge in [0.1, 0.15) is 5.82 Å². The van der Waals surface area contributed by atoms with Gasteiger partial charge < -0.3 is 5.73 Å². The molecule has 112 valence electrons. The van der Waals surface area contributed by atoms with Crippen LogP contribution >= 0.6 is 11.3 Å². The van der Waals surface area contributed by atoms with Crippen LogP contribution in [0.1, 0.15) is 29.0 Å². The fourth-order valence-corrected chi connectivity index (χ4v) is 3.93. The highest BCUT2D eigenvalue weighted by molar-refractivity contribution is 7.10. The molecule has 0 spiro atoms. The molecule has 3 rings (SSSR count). The van der Waals surface area contributed by atoms with Gasteiger partial charge in [0, 0.05) is 36.1 Å². The zero-order valence-electron chi connectivity index (χ0n) is 12.3. The molecule has 0 saturated carbocycles. The lowest BCUT2D eigenvalue weighted by atomic mass is 9.94. The molecule has 2 nitrogen and oxygen atoms in total. The van der Waals surface area contributed by atoms with Crippen molar-refractivity contribution in [3.8, 4) is 0 Å². The minimum Gasteiger partial charge on any atom is -0.324 e. The maximum atomic E-state index is 13.8. The van der Waals surface area contributed by atoms with Gasteiger partial charge in [0.05, 0.1) is 0 Å². The molecule has 0 amide bonds. The summed E-state index contributed by atoms with van der Waals surface area (Å²) in [6.07, 6.45) is 1.12. The first-order valence-electron chi connectivity index (χ1n) is 7.42. The number of nitrogens with zero attached hydrogens (tertiary/aromatic N) is 1. The second-order valence-corrected chi connectivity index (χ2v) is 6.88. The number of benzene rings is 1. The number of hydrogen-bond donors (Lipinski definition) is 1. The van der Waals surface area contributed by atoms with Crippen LogP contribution in [0.5, 0.6) is 0 Å². The first-order valence-corrected chi connectivity index (χ1v) is 8.30. The predicted molar refractivity (Wildman–Crippen MR) is 85.8 cm³/mol. The van der Waals surface area contributed by atoms with E-state index in [0.717, 1.165) is 26.1 Å². The van der Waals surface area contributed by atoms with Crippen molar-refractivity contribution < 1.29 is 4.39 Å². The van der Waals surface area contributed by atoms with E-state index in [9.17, 15) is 4.39 Å². The van der Waals surface area contributed by atoms with Crippen molar-refractivity contribution in [2.24, 2.45) is 11.7 Å². The van der Waals surface area contributed by atoms with Crippen molar-refractivity contribution in [2.75, 3.05) is 13.1 Å². The SMILES string of the molecule is CC(CN1CCc2sccc2C1)C(N)c1ccccc1F. The molecule has 2 aromatic rings. The Balaban J connectivity index is 1.64. The number of thiophene rings is 1. The molecule has 2 heterocycles. The van der Waals surface area contributed by atoms with Crippen LogP contribution in [0.4, 0.5) is 4.39 Å². The summed E-state index contributed by atoms with van der Waals surface area (Å²) in [4.78, 5) is 3.94. The Morgan fingerprint density at radius 1 is 1.33 bits per heavy atom. The number of rotatable bonds is 4. The molecule has 2 N–H and O–H groups in total. The maximum Gasteiger partial charge on any atom is 0.127 e. The number of fused-ring (bicyclic) bond motifs is 1. The maximum absolute atomic E-state index is 13.8. The molecule has 2 unspecified atom stereocenters. The second-order valence-electron chi connectivity index (χ2n) is 5.88. The van der Waals surface area contributed by atoms with E-state index in [0.29, 0.717) is 5.56 Å². The molecule has 0 bridgehead atoms. The van der Waals surface area contributed by atoms with E-state index in [2.05, 4.69) is 23.3 Å². The van der Waals surface area contributed by atoms with Crippen molar-refractivity contribution in [1.82, 2.24) is 4.90 Å². The third-order valence-electron chi connectivity index (χ3n) is 4.31. The van der Waals surface area contributed by atoms with Crippen LogP contribution in [0.3, 0.4) is 0 Å². The molecule has 2 atom stereocenters. The topological polar surface area (TPSA) is 29.3 Å². The van der Waals surface area contributed by atoms with Gasteiger partial charge in [0.15, 0.2) is 0 Å². The normalized spacial score (nSPS) is 18.2. The minimum atomic E-state index is -0.255. The summed E-state index contributed by atoms with van der Waals surface area (Å²) in [5, 5.41) is 2.17. The van der Waals surface area contributed by atoms with E-state index in [4.69, 9.17) is 5.73 Å². The minimum absolute atomic E-state index is 0.199. The summed E-state index contributed by atoms with van der Waals surface area (Å²) in [6, 6.07) is 8.80. The quantitative estimate of drug-likeness (QED) is 0.935. The summed E-state index contributed by atoms with van der Waals surface area (Å²) in [5.74, 6) is 0.0256. The van der Waals surface area contributed by atoms with Crippen LogP contribution < -0.4 is 5.73 Å². The van der Waals surface area contributed by atoms with E-state index in [-0.39, 0.29) is 17.8 Å². The molecule has 0 saturated heterocycles. The predicted octanol–water partition coefficient (Wildman–Crippen LogP) is 3.58. The van der Waals surface area contributed by atoms with Gasteiger partial charge in [0.25, 0.3) is 0 Å². The molecule has 1 aromatic carbocycles. The average Bonchev–Trinajstić information content (AvgIpc) is 2.94. The van der Waals surface area contributed by atoms with Gasteiger partial charge in [-0.25, -0.2) is 4.39 Å². The largest absolute Gasteiger partial charge is 0.324 e. The lowest BCUT2D eigenvalue weighted by Crippen LogP contribution is -2.36. The fourth-order valence-electron chi connectivity index (χ4n) is 3.04. The fraction of sp³-hybridized carbons (Fsp3) is 0.412. The van der Waals surface area contributed by atoms with Gasteiger partial charge >= 0.3 is 0 Å². The molecule has 1 aliphatic heterocycles. The van der Waals surface area contributed by atoms with Gasteiger partial charge in [0.2, 0.25) is 0 Å². The molecular formula is C17H21FN2S. The summed E-state index contributed by atoms with van der Waals surface area (Å²) in [7, 11) is 0. The Labute approximate surface area is 129 Å². The Morgan fingerprint density at radius 3 is 2.95 bits per heavy atom. The highest BCUT2D eigenvalue weighted by Gasteiger charge is 2.23. The molecule has 1 aromatic heterocycles. The lowest BCUT2D eigenvalue weighted by Gasteiger charge is -2.31. The smallest absolute Gasteiger partial charge is 0.127 e. The number of nitrogens with two attached hydrogens (primary N) is 1. The van der Waals surface area contributed by atoms with E-state index < -0.39 is 0 Å². The van der Waals surface area contributed by atoms with Crippen molar-refractivity contribution in [3.05, 3.63) is 57.5 Å². The van der Waals surface area contributed by atoms with Crippen molar-refractivity contribution in [1.29, 1.82) is 0 Å². The molecule has 0 radical (unpaired) electrons. The summed E-state index contributed by atoms with van der Waals surface area (Å²) in [5.41, 5.74) is 8.33. The first-order chi connectivity index (χ1) is 10.1. The molecular weight excluding hydrogens is 283 g/mol. The summed E-state index contributed by atoms with van der Waals surface area (Å²) in [6.45, 7) is 5.08. The Morgan fingerprint density at radius 2 is 2.14 bits per heavy atom. The van der Waals surface area contributed by atoms with E-state index in [1.54, 1.807) is 12.1 Å². The van der Waals surface area contributed by atoms with Crippen molar-refractivity contribution in [3.63, 3.8) is 0 Å². The number of hydrogen-bond acceptors (Lipinski definition) is 3. The van der Waals surface area contributed by atoms with Crippen molar-refractivity contribution >= 4 is 11.3 Å². The Bertz CT molecular complexity index is 610. The third kappa shape index (κ3) is 3.18. The van der Waals surface area contributed by atoms with Gasteiger partial charge in [-0.1, -0.05) is 25.1 Å². The van der Waals surface area contributed by atoms with Crippen LogP contribution in [-0.2, 0) is 13.0 Å². The van der Waals surface area contributed by atoms with Crippen LogP contribution in [0, 0.1) is 11.7 Å². The van der Waals surface area contributed by atoms with Gasteiger partial charge in [-0.3, -0.25) is 4.90 Å². The molecule has 4 heteroatoms. The van der Waals surface area contributed by atoms with Crippen LogP contribution in [0.2, 0.25) is 0 Å². The molecule has 0 fully saturated rings. The molecule has 0 aliphatic carbocycles. The van der Waals surface area contributed by atoms with Crippen molar-refractivity contribution in [2.45, 2.75) is 25.9 Å². The number of halogens is 1. The van der Waals surface area contributed by atoms with E-state index in [1.165, 1.54) is 16.5 Å². The van der Waals surface area contributed by atoms with Crippen LogP contribution in [0.15, 0.2) is 35.7 Å². The monoisotopic (exact) mass is 304 g/mol.